The quantitative estimate of drug-likeness (QED) is 0.445. The van der Waals surface area contributed by atoms with Crippen LogP contribution in [0.3, 0.4) is 0 Å². The number of aromatic carboxylic acids is 1. The highest BCUT2D eigenvalue weighted by molar-refractivity contribution is 5.95. The maximum absolute atomic E-state index is 13.6. The van der Waals surface area contributed by atoms with Crippen molar-refractivity contribution in [1.29, 1.82) is 0 Å². The second kappa shape index (κ2) is 8.87. The molecule has 1 N–H and O–H groups in total. The predicted molar refractivity (Wildman–Crippen MR) is 145 cm³/mol. The third-order valence-corrected chi connectivity index (χ3v) is 7.89. The summed E-state index contributed by atoms with van der Waals surface area (Å²) in [4.78, 5) is 26.9. The van der Waals surface area contributed by atoms with E-state index in [2.05, 4.69) is 38.0 Å². The van der Waals surface area contributed by atoms with Crippen molar-refractivity contribution in [1.82, 2.24) is 14.7 Å². The van der Waals surface area contributed by atoms with Crippen LogP contribution in [0.4, 0.5) is 0 Å². The van der Waals surface area contributed by atoms with Crippen LogP contribution in [0, 0.1) is 24.7 Å². The molecule has 1 aromatic heterocycles. The summed E-state index contributed by atoms with van der Waals surface area (Å²) in [7, 11) is 0. The van der Waals surface area contributed by atoms with Gasteiger partial charge in [-0.3, -0.25) is 4.79 Å². The Balaban J connectivity index is 1.40. The van der Waals surface area contributed by atoms with E-state index in [-0.39, 0.29) is 22.3 Å². The number of hydrogen-bond donors (Lipinski definition) is 1. The molecule has 1 amide bonds. The zero-order chi connectivity index (χ0) is 26.5. The Kier molecular flexibility index (Phi) is 5.94. The number of rotatable bonds is 4. The number of carboxylic acids is 1. The lowest BCUT2D eigenvalue weighted by Crippen LogP contribution is -2.48. The first-order valence-corrected chi connectivity index (χ1v) is 12.7. The zero-order valence-electron chi connectivity index (χ0n) is 22.1. The number of benzene rings is 2. The summed E-state index contributed by atoms with van der Waals surface area (Å²) >= 11 is 0. The van der Waals surface area contributed by atoms with Crippen LogP contribution in [0.5, 0.6) is 0 Å². The summed E-state index contributed by atoms with van der Waals surface area (Å²) in [6, 6.07) is 16.8. The fraction of sp³-hybridized carbons (Fsp3) is 0.323. The van der Waals surface area contributed by atoms with Crippen molar-refractivity contribution < 1.29 is 14.7 Å². The maximum Gasteiger partial charge on any atom is 0.335 e. The number of fused-ring (bicyclic) bond motifs is 1. The van der Waals surface area contributed by atoms with E-state index < -0.39 is 5.97 Å². The minimum Gasteiger partial charge on any atom is -0.478 e. The molecule has 1 aliphatic heterocycles. The molecule has 0 radical (unpaired) electrons. The van der Waals surface area contributed by atoms with Crippen LogP contribution in [0.15, 0.2) is 72.3 Å². The van der Waals surface area contributed by atoms with Gasteiger partial charge in [0, 0.05) is 35.2 Å². The van der Waals surface area contributed by atoms with Crippen LogP contribution >= 0.6 is 0 Å². The van der Waals surface area contributed by atoms with Gasteiger partial charge < -0.3 is 10.0 Å². The summed E-state index contributed by atoms with van der Waals surface area (Å²) < 4.78 is 1.88. The van der Waals surface area contributed by atoms with Crippen molar-refractivity contribution in [3.05, 3.63) is 100 Å². The molecular formula is C31H33N3O3. The summed E-state index contributed by atoms with van der Waals surface area (Å²) in [5.41, 5.74) is 6.98. The first kappa shape index (κ1) is 24.8. The molecule has 2 heterocycles. The number of allylic oxidation sites excluding steroid dienone is 2. The third kappa shape index (κ3) is 4.31. The van der Waals surface area contributed by atoms with Crippen molar-refractivity contribution in [3.63, 3.8) is 0 Å². The lowest BCUT2D eigenvalue weighted by Gasteiger charge is -2.50. The standard InChI is InChI=1S/C31H33N3O3/c1-20-17-21(2)34(32-20)25-8-6-7-24(18-25)28(35)33-16-14-27-30(3,4)26(13-15-31(27,5)19-33)22-9-11-23(12-10-22)29(36)37/h6-14,17-18H,15-16,19H2,1-5H3,(H,36,37)/t31-/m1/s1. The average Bonchev–Trinajstić information content (AvgIpc) is 3.20. The normalized spacial score (nSPS) is 20.6. The van der Waals surface area contributed by atoms with Gasteiger partial charge >= 0.3 is 5.97 Å². The zero-order valence-corrected chi connectivity index (χ0v) is 22.1. The van der Waals surface area contributed by atoms with Gasteiger partial charge in [-0.2, -0.15) is 5.10 Å². The molecule has 0 fully saturated rings. The molecule has 0 bridgehead atoms. The number of hydrogen-bond acceptors (Lipinski definition) is 3. The summed E-state index contributed by atoms with van der Waals surface area (Å²) in [5, 5.41) is 13.8. The van der Waals surface area contributed by atoms with Gasteiger partial charge in [-0.1, -0.05) is 56.7 Å². The van der Waals surface area contributed by atoms with Crippen LogP contribution in [0.1, 0.15) is 64.9 Å². The molecule has 2 aliphatic rings. The fourth-order valence-electron chi connectivity index (χ4n) is 6.20. The van der Waals surface area contributed by atoms with E-state index in [4.69, 9.17) is 0 Å². The number of aryl methyl sites for hydroxylation is 2. The van der Waals surface area contributed by atoms with Gasteiger partial charge in [0.15, 0.2) is 0 Å². The van der Waals surface area contributed by atoms with Crippen LogP contribution in [-0.2, 0) is 0 Å². The lowest BCUT2D eigenvalue weighted by atomic mass is 9.58. The molecular weight excluding hydrogens is 462 g/mol. The largest absolute Gasteiger partial charge is 0.478 e. The molecule has 1 atom stereocenters. The van der Waals surface area contributed by atoms with E-state index >= 15 is 0 Å². The van der Waals surface area contributed by atoms with Crippen molar-refractivity contribution in [3.8, 4) is 5.69 Å². The molecule has 6 heteroatoms. The van der Waals surface area contributed by atoms with E-state index in [9.17, 15) is 14.7 Å². The summed E-state index contributed by atoms with van der Waals surface area (Å²) in [6.45, 7) is 11.9. The van der Waals surface area contributed by atoms with E-state index in [1.807, 2.05) is 65.9 Å². The second-order valence-electron chi connectivity index (χ2n) is 11.1. The van der Waals surface area contributed by atoms with Crippen molar-refractivity contribution in [2.75, 3.05) is 13.1 Å². The Morgan fingerprint density at radius 3 is 2.32 bits per heavy atom. The van der Waals surface area contributed by atoms with Crippen LogP contribution in [0.25, 0.3) is 11.3 Å². The fourth-order valence-corrected chi connectivity index (χ4v) is 6.20. The molecule has 2 aromatic carbocycles. The van der Waals surface area contributed by atoms with E-state index in [1.165, 1.54) is 11.1 Å². The molecule has 0 spiro atoms. The molecule has 3 aromatic rings. The van der Waals surface area contributed by atoms with Gasteiger partial charge in [0.1, 0.15) is 0 Å². The Hall–Kier alpha value is -3.93. The number of nitrogens with zero attached hydrogens (tertiary/aromatic N) is 3. The first-order chi connectivity index (χ1) is 17.5. The van der Waals surface area contributed by atoms with E-state index in [0.717, 1.165) is 29.1 Å². The Bertz CT molecular complexity index is 1460. The topological polar surface area (TPSA) is 75.4 Å². The Labute approximate surface area is 217 Å². The van der Waals surface area contributed by atoms with Gasteiger partial charge in [0.2, 0.25) is 0 Å². The molecule has 1 aliphatic carbocycles. The van der Waals surface area contributed by atoms with Crippen LogP contribution in [0.2, 0.25) is 0 Å². The number of aromatic nitrogens is 2. The first-order valence-electron chi connectivity index (χ1n) is 12.7. The lowest BCUT2D eigenvalue weighted by molar-refractivity contribution is 0.0678. The Morgan fingerprint density at radius 2 is 1.68 bits per heavy atom. The molecule has 5 rings (SSSR count). The molecule has 6 nitrogen and oxygen atoms in total. The summed E-state index contributed by atoms with van der Waals surface area (Å²) in [6.07, 6.45) is 5.31. The average molecular weight is 496 g/mol. The Morgan fingerprint density at radius 1 is 0.946 bits per heavy atom. The highest BCUT2D eigenvalue weighted by Gasteiger charge is 2.46. The number of carboxylic acid groups (broad SMARTS) is 1. The second-order valence-corrected chi connectivity index (χ2v) is 11.1. The van der Waals surface area contributed by atoms with Gasteiger partial charge in [-0.25, -0.2) is 9.48 Å². The van der Waals surface area contributed by atoms with Gasteiger partial charge in [-0.05, 0) is 67.8 Å². The number of amides is 1. The van der Waals surface area contributed by atoms with Crippen molar-refractivity contribution >= 4 is 17.4 Å². The molecule has 37 heavy (non-hydrogen) atoms. The third-order valence-electron chi connectivity index (χ3n) is 7.89. The highest BCUT2D eigenvalue weighted by atomic mass is 16.4. The van der Waals surface area contributed by atoms with Crippen LogP contribution in [-0.4, -0.2) is 44.8 Å². The van der Waals surface area contributed by atoms with Crippen molar-refractivity contribution in [2.45, 2.75) is 41.0 Å². The molecule has 0 saturated carbocycles. The molecule has 0 saturated heterocycles. The van der Waals surface area contributed by atoms with Crippen molar-refractivity contribution in [2.24, 2.45) is 10.8 Å². The van der Waals surface area contributed by atoms with Gasteiger partial charge in [0.05, 0.1) is 16.9 Å². The SMILES string of the molecule is Cc1cc(C)n(-c2cccc(C(=O)N3CC=C4C(C)(C)C(c5ccc(C(=O)O)cc5)=CC[C@]4(C)C3)c2)n1. The van der Waals surface area contributed by atoms with Crippen LogP contribution < -0.4 is 0 Å². The molecule has 190 valence electrons. The maximum atomic E-state index is 13.6. The molecule has 0 unspecified atom stereocenters. The van der Waals surface area contributed by atoms with Gasteiger partial charge in [-0.15, -0.1) is 0 Å². The minimum absolute atomic E-state index is 0.0248. The monoisotopic (exact) mass is 495 g/mol. The smallest absolute Gasteiger partial charge is 0.335 e. The minimum atomic E-state index is -0.920. The van der Waals surface area contributed by atoms with E-state index in [0.29, 0.717) is 18.7 Å². The number of carbonyl (C=O) groups excluding carboxylic acids is 1. The van der Waals surface area contributed by atoms with Gasteiger partial charge in [0.25, 0.3) is 5.91 Å². The highest BCUT2D eigenvalue weighted by Crippen LogP contribution is 2.55. The summed E-state index contributed by atoms with van der Waals surface area (Å²) in [5.74, 6) is -0.895. The van der Waals surface area contributed by atoms with E-state index in [1.54, 1.807) is 12.1 Å². The predicted octanol–water partition coefficient (Wildman–Crippen LogP) is 6.09. The number of carbonyl (C=O) groups is 2.